The van der Waals surface area contributed by atoms with E-state index in [-0.39, 0.29) is 0 Å². The predicted molar refractivity (Wildman–Crippen MR) is 72.7 cm³/mol. The third-order valence-corrected chi connectivity index (χ3v) is 3.45. The highest BCUT2D eigenvalue weighted by Crippen LogP contribution is 2.22. The van der Waals surface area contributed by atoms with Crippen LogP contribution in [0.15, 0.2) is 34.9 Å². The Bertz CT molecular complexity index is 493. The minimum absolute atomic E-state index is 0.300. The van der Waals surface area contributed by atoms with Gasteiger partial charge in [0.2, 0.25) is 0 Å². The van der Waals surface area contributed by atoms with Gasteiger partial charge in [-0.05, 0) is 25.5 Å². The molecule has 2 aromatic rings. The molecule has 1 heterocycles. The van der Waals surface area contributed by atoms with Gasteiger partial charge < -0.3 is 10.3 Å². The van der Waals surface area contributed by atoms with E-state index < -0.39 is 0 Å². The Morgan fingerprint density at radius 2 is 2.18 bits per heavy atom. The fourth-order valence-electron chi connectivity index (χ4n) is 1.76. The number of aromatic amines is 1. The molecule has 3 nitrogen and oxygen atoms in total. The SMILES string of the molecule is Cc1ncc(CN[C@H](C)c2ccccc2Br)[nH]1. The third kappa shape index (κ3) is 3.17. The lowest BCUT2D eigenvalue weighted by molar-refractivity contribution is 0.567. The molecular formula is C13H16BrN3. The lowest BCUT2D eigenvalue weighted by atomic mass is 10.1. The molecular weight excluding hydrogens is 278 g/mol. The van der Waals surface area contributed by atoms with Crippen LogP contribution in [0.3, 0.4) is 0 Å². The first-order valence-electron chi connectivity index (χ1n) is 5.65. The van der Waals surface area contributed by atoms with Crippen LogP contribution in [0, 0.1) is 6.92 Å². The first kappa shape index (κ1) is 12.3. The Kier molecular flexibility index (Phi) is 3.97. The van der Waals surface area contributed by atoms with Gasteiger partial charge in [-0.25, -0.2) is 4.98 Å². The highest BCUT2D eigenvalue weighted by Gasteiger charge is 2.08. The minimum atomic E-state index is 0.300. The third-order valence-electron chi connectivity index (χ3n) is 2.73. The summed E-state index contributed by atoms with van der Waals surface area (Å²) in [5.41, 5.74) is 2.38. The van der Waals surface area contributed by atoms with Crippen molar-refractivity contribution < 1.29 is 0 Å². The topological polar surface area (TPSA) is 40.7 Å². The number of aryl methyl sites for hydroxylation is 1. The maximum absolute atomic E-state index is 4.18. The molecule has 0 fully saturated rings. The van der Waals surface area contributed by atoms with Crippen molar-refractivity contribution in [3.8, 4) is 0 Å². The summed E-state index contributed by atoms with van der Waals surface area (Å²) in [4.78, 5) is 7.39. The molecule has 0 spiro atoms. The van der Waals surface area contributed by atoms with Gasteiger partial charge in [-0.1, -0.05) is 34.1 Å². The molecule has 2 N–H and O–H groups in total. The van der Waals surface area contributed by atoms with Crippen LogP contribution < -0.4 is 5.32 Å². The van der Waals surface area contributed by atoms with Crippen molar-refractivity contribution >= 4 is 15.9 Å². The summed E-state index contributed by atoms with van der Waals surface area (Å²) < 4.78 is 1.14. The van der Waals surface area contributed by atoms with Crippen molar-refractivity contribution in [2.75, 3.05) is 0 Å². The maximum atomic E-state index is 4.18. The number of benzene rings is 1. The number of rotatable bonds is 4. The molecule has 0 unspecified atom stereocenters. The molecule has 0 saturated heterocycles. The minimum Gasteiger partial charge on any atom is -0.345 e. The second-order valence-electron chi connectivity index (χ2n) is 4.12. The molecule has 4 heteroatoms. The molecule has 1 aromatic heterocycles. The molecule has 1 atom stereocenters. The van der Waals surface area contributed by atoms with E-state index in [2.05, 4.69) is 56.3 Å². The van der Waals surface area contributed by atoms with E-state index in [0.717, 1.165) is 22.5 Å². The monoisotopic (exact) mass is 293 g/mol. The molecule has 0 radical (unpaired) electrons. The van der Waals surface area contributed by atoms with Gasteiger partial charge in [0, 0.05) is 29.0 Å². The maximum Gasteiger partial charge on any atom is 0.103 e. The average Bonchev–Trinajstić information content (AvgIpc) is 2.73. The molecule has 2 rings (SSSR count). The molecule has 1 aromatic carbocycles. The zero-order valence-corrected chi connectivity index (χ0v) is 11.6. The predicted octanol–water partition coefficient (Wildman–Crippen LogP) is 3.33. The number of imidazole rings is 1. The van der Waals surface area contributed by atoms with Gasteiger partial charge in [0.05, 0.1) is 0 Å². The van der Waals surface area contributed by atoms with E-state index in [9.17, 15) is 0 Å². The van der Waals surface area contributed by atoms with Gasteiger partial charge in [-0.3, -0.25) is 0 Å². The van der Waals surface area contributed by atoms with Crippen LogP contribution in [0.4, 0.5) is 0 Å². The molecule has 0 amide bonds. The fraction of sp³-hybridized carbons (Fsp3) is 0.308. The first-order valence-corrected chi connectivity index (χ1v) is 6.44. The Balaban J connectivity index is 1.98. The van der Waals surface area contributed by atoms with Crippen molar-refractivity contribution in [2.45, 2.75) is 26.4 Å². The van der Waals surface area contributed by atoms with E-state index >= 15 is 0 Å². The standard InChI is InChI=1S/C13H16BrN3/c1-9(12-5-3-4-6-13(12)14)15-7-11-8-16-10(2)17-11/h3-6,8-9,15H,7H2,1-2H3,(H,16,17)/t9-/m1/s1. The van der Waals surface area contributed by atoms with Crippen LogP contribution >= 0.6 is 15.9 Å². The Labute approximate surface area is 110 Å². The quantitative estimate of drug-likeness (QED) is 0.908. The van der Waals surface area contributed by atoms with E-state index in [0.29, 0.717) is 6.04 Å². The Morgan fingerprint density at radius 3 is 2.82 bits per heavy atom. The van der Waals surface area contributed by atoms with Crippen LogP contribution in [0.2, 0.25) is 0 Å². The van der Waals surface area contributed by atoms with Crippen LogP contribution in [-0.2, 0) is 6.54 Å². The molecule has 0 aliphatic carbocycles. The van der Waals surface area contributed by atoms with Crippen LogP contribution in [0.5, 0.6) is 0 Å². The van der Waals surface area contributed by atoms with Gasteiger partial charge in [-0.2, -0.15) is 0 Å². The number of nitrogens with one attached hydrogen (secondary N) is 2. The van der Waals surface area contributed by atoms with Crippen molar-refractivity contribution in [3.63, 3.8) is 0 Å². The van der Waals surface area contributed by atoms with Crippen LogP contribution in [0.1, 0.15) is 30.0 Å². The normalized spacial score (nSPS) is 12.6. The lowest BCUT2D eigenvalue weighted by Gasteiger charge is -2.15. The first-order chi connectivity index (χ1) is 8.16. The summed E-state index contributed by atoms with van der Waals surface area (Å²) in [7, 11) is 0. The zero-order valence-electron chi connectivity index (χ0n) is 10.00. The number of H-pyrrole nitrogens is 1. The smallest absolute Gasteiger partial charge is 0.103 e. The summed E-state index contributed by atoms with van der Waals surface area (Å²) in [6.07, 6.45) is 1.87. The summed E-state index contributed by atoms with van der Waals surface area (Å²) in [6, 6.07) is 8.57. The van der Waals surface area contributed by atoms with Gasteiger partial charge >= 0.3 is 0 Å². The van der Waals surface area contributed by atoms with Crippen LogP contribution in [0.25, 0.3) is 0 Å². The van der Waals surface area contributed by atoms with Gasteiger partial charge in [0.25, 0.3) is 0 Å². The van der Waals surface area contributed by atoms with Gasteiger partial charge in [0.15, 0.2) is 0 Å². The molecule has 0 saturated carbocycles. The zero-order chi connectivity index (χ0) is 12.3. The Hall–Kier alpha value is -1.13. The number of hydrogen-bond acceptors (Lipinski definition) is 2. The summed E-state index contributed by atoms with van der Waals surface area (Å²) >= 11 is 3.57. The average molecular weight is 294 g/mol. The summed E-state index contributed by atoms with van der Waals surface area (Å²) in [6.45, 7) is 4.91. The number of hydrogen-bond donors (Lipinski definition) is 2. The number of aromatic nitrogens is 2. The fourth-order valence-corrected chi connectivity index (χ4v) is 2.39. The van der Waals surface area contributed by atoms with Crippen LogP contribution in [-0.4, -0.2) is 9.97 Å². The lowest BCUT2D eigenvalue weighted by Crippen LogP contribution is -2.18. The second kappa shape index (κ2) is 5.47. The molecule has 0 bridgehead atoms. The Morgan fingerprint density at radius 1 is 1.41 bits per heavy atom. The van der Waals surface area contributed by atoms with E-state index in [4.69, 9.17) is 0 Å². The van der Waals surface area contributed by atoms with E-state index in [1.54, 1.807) is 0 Å². The van der Waals surface area contributed by atoms with E-state index in [1.807, 2.05) is 19.2 Å². The molecule has 0 aliphatic rings. The van der Waals surface area contributed by atoms with E-state index in [1.165, 1.54) is 5.56 Å². The van der Waals surface area contributed by atoms with Gasteiger partial charge in [0.1, 0.15) is 5.82 Å². The van der Waals surface area contributed by atoms with Crippen molar-refractivity contribution in [3.05, 3.63) is 52.0 Å². The highest BCUT2D eigenvalue weighted by atomic mass is 79.9. The summed E-state index contributed by atoms with van der Waals surface area (Å²) in [5.74, 6) is 0.954. The molecule has 17 heavy (non-hydrogen) atoms. The summed E-state index contributed by atoms with van der Waals surface area (Å²) in [5, 5.41) is 3.47. The highest BCUT2D eigenvalue weighted by molar-refractivity contribution is 9.10. The van der Waals surface area contributed by atoms with Gasteiger partial charge in [-0.15, -0.1) is 0 Å². The van der Waals surface area contributed by atoms with Crippen molar-refractivity contribution in [2.24, 2.45) is 0 Å². The number of halogens is 1. The second-order valence-corrected chi connectivity index (χ2v) is 4.97. The van der Waals surface area contributed by atoms with Crippen molar-refractivity contribution in [1.29, 1.82) is 0 Å². The van der Waals surface area contributed by atoms with Crippen molar-refractivity contribution in [1.82, 2.24) is 15.3 Å². The molecule has 0 aliphatic heterocycles. The number of nitrogens with zero attached hydrogens (tertiary/aromatic N) is 1. The molecule has 90 valence electrons. The largest absolute Gasteiger partial charge is 0.345 e.